The molecule has 1 heterocycles. The van der Waals surface area contributed by atoms with Crippen LogP contribution in [0, 0.1) is 6.92 Å². The molecule has 7 nitrogen and oxygen atoms in total. The lowest BCUT2D eigenvalue weighted by atomic mass is 10.1. The number of halogens is 1. The van der Waals surface area contributed by atoms with Crippen molar-refractivity contribution in [3.8, 4) is 5.69 Å². The number of hydrazone groups is 1. The van der Waals surface area contributed by atoms with Gasteiger partial charge in [-0.2, -0.15) is 5.10 Å². The Hall–Kier alpha value is -3.62. The van der Waals surface area contributed by atoms with Crippen LogP contribution in [0.1, 0.15) is 30.8 Å². The summed E-state index contributed by atoms with van der Waals surface area (Å²) in [7, 11) is 0. The van der Waals surface area contributed by atoms with Crippen molar-refractivity contribution in [2.75, 3.05) is 5.32 Å². The number of aryl methyl sites for hydroxylation is 1. The minimum absolute atomic E-state index is 0.213. The van der Waals surface area contributed by atoms with Gasteiger partial charge in [0.2, 0.25) is 0 Å². The fourth-order valence-electron chi connectivity index (χ4n) is 3.38. The standard InChI is InChI=1S/C27H27ClN6OS/c1-18-9-11-21(12-10-18)19(2)30-32-26(35)20(3)36-27-33-31-25(34(27)24-7-5-4-6-8-24)17-29-23-15-13-22(28)14-16-23/h4-16,20,29H,17H2,1-3H3,(H,32,35). The predicted molar refractivity (Wildman–Crippen MR) is 147 cm³/mol. The summed E-state index contributed by atoms with van der Waals surface area (Å²) in [6, 6.07) is 25.3. The van der Waals surface area contributed by atoms with Crippen molar-refractivity contribution in [1.29, 1.82) is 0 Å². The maximum absolute atomic E-state index is 12.8. The summed E-state index contributed by atoms with van der Waals surface area (Å²) in [6.07, 6.45) is 0. The van der Waals surface area contributed by atoms with Crippen LogP contribution in [0.2, 0.25) is 5.02 Å². The zero-order valence-electron chi connectivity index (χ0n) is 20.3. The van der Waals surface area contributed by atoms with E-state index in [-0.39, 0.29) is 5.91 Å². The third kappa shape index (κ3) is 6.53. The van der Waals surface area contributed by atoms with Crippen LogP contribution in [0.3, 0.4) is 0 Å². The second-order valence-corrected chi connectivity index (χ2v) is 9.97. The molecule has 0 aliphatic rings. The molecule has 36 heavy (non-hydrogen) atoms. The Labute approximate surface area is 220 Å². The number of carbonyl (C=O) groups excluding carboxylic acids is 1. The molecule has 1 unspecified atom stereocenters. The van der Waals surface area contributed by atoms with E-state index in [0.29, 0.717) is 16.7 Å². The summed E-state index contributed by atoms with van der Waals surface area (Å²) in [5.74, 6) is 0.509. The summed E-state index contributed by atoms with van der Waals surface area (Å²) < 4.78 is 1.96. The third-order valence-electron chi connectivity index (χ3n) is 5.46. The van der Waals surface area contributed by atoms with E-state index < -0.39 is 5.25 Å². The molecule has 1 atom stereocenters. The van der Waals surface area contributed by atoms with Crippen molar-refractivity contribution in [3.63, 3.8) is 0 Å². The first-order chi connectivity index (χ1) is 17.4. The zero-order chi connectivity index (χ0) is 25.5. The monoisotopic (exact) mass is 518 g/mol. The smallest absolute Gasteiger partial charge is 0.253 e. The topological polar surface area (TPSA) is 84.2 Å². The Balaban J connectivity index is 1.48. The van der Waals surface area contributed by atoms with Gasteiger partial charge in [-0.1, -0.05) is 71.4 Å². The van der Waals surface area contributed by atoms with Gasteiger partial charge in [0.05, 0.1) is 17.5 Å². The van der Waals surface area contributed by atoms with Crippen LogP contribution in [0.25, 0.3) is 5.69 Å². The van der Waals surface area contributed by atoms with Gasteiger partial charge in [0.25, 0.3) is 5.91 Å². The van der Waals surface area contributed by atoms with E-state index in [9.17, 15) is 4.79 Å². The summed E-state index contributed by atoms with van der Waals surface area (Å²) >= 11 is 7.32. The van der Waals surface area contributed by atoms with E-state index >= 15 is 0 Å². The number of rotatable bonds is 9. The Morgan fingerprint density at radius 2 is 1.72 bits per heavy atom. The van der Waals surface area contributed by atoms with Crippen LogP contribution in [0.5, 0.6) is 0 Å². The Kier molecular flexibility index (Phi) is 8.40. The fraction of sp³-hybridized carbons (Fsp3) is 0.185. The maximum Gasteiger partial charge on any atom is 0.253 e. The van der Waals surface area contributed by atoms with Crippen molar-refractivity contribution in [2.45, 2.75) is 37.7 Å². The normalized spacial score (nSPS) is 12.3. The largest absolute Gasteiger partial charge is 0.378 e. The number of aromatic nitrogens is 3. The van der Waals surface area contributed by atoms with Gasteiger partial charge < -0.3 is 5.32 Å². The first-order valence-electron chi connectivity index (χ1n) is 11.5. The molecule has 1 aromatic heterocycles. The molecule has 0 saturated carbocycles. The van der Waals surface area contributed by atoms with Gasteiger partial charge in [-0.25, -0.2) is 5.43 Å². The van der Waals surface area contributed by atoms with Gasteiger partial charge in [0.1, 0.15) is 0 Å². The molecule has 0 bridgehead atoms. The molecule has 4 rings (SSSR count). The lowest BCUT2D eigenvalue weighted by Crippen LogP contribution is -2.28. The zero-order valence-corrected chi connectivity index (χ0v) is 21.8. The van der Waals surface area contributed by atoms with Crippen molar-refractivity contribution in [1.82, 2.24) is 20.2 Å². The predicted octanol–water partition coefficient (Wildman–Crippen LogP) is 5.86. The van der Waals surface area contributed by atoms with E-state index in [0.717, 1.165) is 28.5 Å². The molecule has 0 saturated heterocycles. The van der Waals surface area contributed by atoms with Gasteiger partial charge >= 0.3 is 0 Å². The van der Waals surface area contributed by atoms with Crippen molar-refractivity contribution < 1.29 is 4.79 Å². The van der Waals surface area contributed by atoms with Gasteiger partial charge in [-0.05, 0) is 62.7 Å². The van der Waals surface area contributed by atoms with Gasteiger partial charge in [-0.3, -0.25) is 9.36 Å². The summed E-state index contributed by atoms with van der Waals surface area (Å²) in [6.45, 7) is 6.18. The SMILES string of the molecule is CC(=NNC(=O)C(C)Sc1nnc(CNc2ccc(Cl)cc2)n1-c1ccccc1)c1ccc(C)cc1. The number of thioether (sulfide) groups is 1. The molecule has 3 aromatic carbocycles. The summed E-state index contributed by atoms with van der Waals surface area (Å²) in [5, 5.41) is 17.3. The molecule has 0 fully saturated rings. The summed E-state index contributed by atoms with van der Waals surface area (Å²) in [5.41, 5.74) is 7.39. The number of para-hydroxylation sites is 1. The number of anilines is 1. The number of carbonyl (C=O) groups is 1. The average molecular weight is 519 g/mol. The van der Waals surface area contributed by atoms with Gasteiger partial charge in [0, 0.05) is 16.4 Å². The molecule has 0 radical (unpaired) electrons. The maximum atomic E-state index is 12.8. The van der Waals surface area contributed by atoms with Crippen molar-refractivity contribution in [2.24, 2.45) is 5.10 Å². The second-order valence-electron chi connectivity index (χ2n) is 8.23. The van der Waals surface area contributed by atoms with Crippen LogP contribution in [0.15, 0.2) is 89.1 Å². The molecule has 0 aliphatic heterocycles. The van der Waals surface area contributed by atoms with Gasteiger partial charge in [-0.15, -0.1) is 10.2 Å². The molecule has 0 aliphatic carbocycles. The van der Waals surface area contributed by atoms with E-state index in [1.165, 1.54) is 17.3 Å². The van der Waals surface area contributed by atoms with Crippen LogP contribution in [0.4, 0.5) is 5.69 Å². The minimum atomic E-state index is -0.441. The lowest BCUT2D eigenvalue weighted by Gasteiger charge is -2.13. The number of hydrogen-bond acceptors (Lipinski definition) is 6. The molecule has 2 N–H and O–H groups in total. The van der Waals surface area contributed by atoms with E-state index in [1.54, 1.807) is 0 Å². The Morgan fingerprint density at radius 1 is 1.03 bits per heavy atom. The molecular weight excluding hydrogens is 492 g/mol. The molecule has 0 spiro atoms. The highest BCUT2D eigenvalue weighted by Crippen LogP contribution is 2.26. The number of benzene rings is 3. The quantitative estimate of drug-likeness (QED) is 0.165. The molecule has 184 valence electrons. The first kappa shape index (κ1) is 25.5. The van der Waals surface area contributed by atoms with Crippen molar-refractivity contribution >= 4 is 40.7 Å². The Morgan fingerprint density at radius 3 is 2.42 bits per heavy atom. The minimum Gasteiger partial charge on any atom is -0.378 e. The number of amides is 1. The summed E-state index contributed by atoms with van der Waals surface area (Å²) in [4.78, 5) is 12.8. The molecular formula is C27H27ClN6OS. The number of nitrogens with zero attached hydrogens (tertiary/aromatic N) is 4. The lowest BCUT2D eigenvalue weighted by molar-refractivity contribution is -0.120. The van der Waals surface area contributed by atoms with Gasteiger partial charge in [0.15, 0.2) is 11.0 Å². The fourth-order valence-corrected chi connectivity index (χ4v) is 4.38. The first-order valence-corrected chi connectivity index (χ1v) is 12.7. The van der Waals surface area contributed by atoms with Crippen LogP contribution >= 0.6 is 23.4 Å². The Bertz CT molecular complexity index is 1340. The highest BCUT2D eigenvalue weighted by molar-refractivity contribution is 8.00. The van der Waals surface area contributed by atoms with Crippen LogP contribution < -0.4 is 10.7 Å². The highest BCUT2D eigenvalue weighted by Gasteiger charge is 2.21. The van der Waals surface area contributed by atoms with Crippen LogP contribution in [-0.2, 0) is 11.3 Å². The third-order valence-corrected chi connectivity index (χ3v) is 6.76. The number of nitrogens with one attached hydrogen (secondary N) is 2. The second kappa shape index (κ2) is 11.9. The van der Waals surface area contributed by atoms with Crippen LogP contribution in [-0.4, -0.2) is 31.6 Å². The van der Waals surface area contributed by atoms with Crippen molar-refractivity contribution in [3.05, 3.63) is 101 Å². The van der Waals surface area contributed by atoms with E-state index in [1.807, 2.05) is 104 Å². The number of hydrogen-bond donors (Lipinski definition) is 2. The average Bonchev–Trinajstić information content (AvgIpc) is 3.29. The molecule has 1 amide bonds. The molecule has 9 heteroatoms. The van der Waals surface area contributed by atoms with E-state index in [2.05, 4.69) is 26.0 Å². The molecule has 4 aromatic rings. The highest BCUT2D eigenvalue weighted by atomic mass is 35.5. The van der Waals surface area contributed by atoms with E-state index in [4.69, 9.17) is 11.6 Å².